The van der Waals surface area contributed by atoms with Crippen molar-refractivity contribution in [3.63, 3.8) is 0 Å². The number of hydrazone groups is 1. The van der Waals surface area contributed by atoms with Gasteiger partial charge in [-0.15, -0.1) is 0 Å². The van der Waals surface area contributed by atoms with Gasteiger partial charge in [0.1, 0.15) is 11.5 Å². The number of phenols is 1. The third-order valence-corrected chi connectivity index (χ3v) is 4.04. The summed E-state index contributed by atoms with van der Waals surface area (Å²) in [5, 5.41) is 16.0. The van der Waals surface area contributed by atoms with Crippen LogP contribution in [-0.4, -0.2) is 29.7 Å². The summed E-state index contributed by atoms with van der Waals surface area (Å²) in [6, 6.07) is 11.8. The Bertz CT molecular complexity index is 822. The Balaban J connectivity index is 1.73. The Labute approximate surface area is 165 Å². The number of aromatic hydroxyl groups is 1. The van der Waals surface area contributed by atoms with Gasteiger partial charge in [-0.05, 0) is 70.9 Å². The fraction of sp³-hybridized carbons (Fsp3) is 0.211. The Kier molecular flexibility index (Phi) is 7.81. The number of amides is 2. The summed E-state index contributed by atoms with van der Waals surface area (Å²) < 4.78 is 5.86. The van der Waals surface area contributed by atoms with Crippen LogP contribution in [-0.2, 0) is 9.59 Å². The second-order valence-electron chi connectivity index (χ2n) is 5.51. The molecule has 3 N–H and O–H groups in total. The van der Waals surface area contributed by atoms with E-state index in [1.165, 1.54) is 12.3 Å². The summed E-state index contributed by atoms with van der Waals surface area (Å²) in [6.45, 7) is 2.47. The molecule has 0 aliphatic rings. The third kappa shape index (κ3) is 7.10. The van der Waals surface area contributed by atoms with Gasteiger partial charge in [0.2, 0.25) is 11.8 Å². The first-order valence-corrected chi connectivity index (χ1v) is 9.10. The molecule has 2 aromatic rings. The summed E-state index contributed by atoms with van der Waals surface area (Å²) in [4.78, 5) is 23.7. The van der Waals surface area contributed by atoms with Crippen LogP contribution >= 0.6 is 15.9 Å². The van der Waals surface area contributed by atoms with E-state index in [0.29, 0.717) is 22.3 Å². The second-order valence-corrected chi connectivity index (χ2v) is 6.36. The van der Waals surface area contributed by atoms with E-state index in [-0.39, 0.29) is 30.4 Å². The number of hydrogen-bond acceptors (Lipinski definition) is 5. The SMILES string of the molecule is CCOc1ccc(NC(=O)CCC(=O)NN=Cc2ccc(O)c(Br)c2)cc1. The topological polar surface area (TPSA) is 100 Å². The number of hydrogen-bond donors (Lipinski definition) is 3. The fourth-order valence-corrected chi connectivity index (χ4v) is 2.49. The van der Waals surface area contributed by atoms with Gasteiger partial charge in [-0.3, -0.25) is 9.59 Å². The maximum atomic E-state index is 11.9. The van der Waals surface area contributed by atoms with Crippen molar-refractivity contribution >= 4 is 39.6 Å². The minimum absolute atomic E-state index is 0.0134. The number of benzene rings is 2. The number of nitrogens with zero attached hydrogens (tertiary/aromatic N) is 1. The molecule has 0 atom stereocenters. The number of carbonyl (C=O) groups excluding carboxylic acids is 2. The van der Waals surface area contributed by atoms with Crippen molar-refractivity contribution in [1.29, 1.82) is 0 Å². The van der Waals surface area contributed by atoms with Gasteiger partial charge in [-0.25, -0.2) is 5.43 Å². The van der Waals surface area contributed by atoms with Gasteiger partial charge in [-0.2, -0.15) is 5.10 Å². The number of nitrogens with one attached hydrogen (secondary N) is 2. The number of ether oxygens (including phenoxy) is 1. The molecule has 7 nitrogen and oxygen atoms in total. The van der Waals surface area contributed by atoms with Crippen molar-refractivity contribution in [1.82, 2.24) is 5.43 Å². The highest BCUT2D eigenvalue weighted by molar-refractivity contribution is 9.10. The maximum absolute atomic E-state index is 11.9. The van der Waals surface area contributed by atoms with Crippen LogP contribution in [0.1, 0.15) is 25.3 Å². The molecule has 0 aliphatic carbocycles. The number of phenolic OH excluding ortho intramolecular Hbond substituents is 1. The molecule has 0 saturated carbocycles. The van der Waals surface area contributed by atoms with E-state index in [9.17, 15) is 14.7 Å². The monoisotopic (exact) mass is 433 g/mol. The van der Waals surface area contributed by atoms with Crippen LogP contribution in [0.5, 0.6) is 11.5 Å². The molecule has 2 amide bonds. The molecule has 0 aromatic heterocycles. The standard InChI is InChI=1S/C19H20BrN3O4/c1-2-27-15-6-4-14(5-7-15)22-18(25)9-10-19(26)23-21-12-13-3-8-17(24)16(20)11-13/h3-8,11-12,24H,2,9-10H2,1H3,(H,22,25)(H,23,26). The van der Waals surface area contributed by atoms with Crippen LogP contribution in [0.2, 0.25) is 0 Å². The zero-order chi connectivity index (χ0) is 19.6. The first kappa shape index (κ1) is 20.4. The average molecular weight is 434 g/mol. The molecule has 0 spiro atoms. The Morgan fingerprint density at radius 2 is 1.85 bits per heavy atom. The molecule has 142 valence electrons. The molecule has 2 rings (SSSR count). The Hall–Kier alpha value is -2.87. The maximum Gasteiger partial charge on any atom is 0.240 e. The van der Waals surface area contributed by atoms with Gasteiger partial charge in [0.25, 0.3) is 0 Å². The molecule has 0 saturated heterocycles. The quantitative estimate of drug-likeness (QED) is 0.438. The molecular formula is C19H20BrN3O4. The van der Waals surface area contributed by atoms with E-state index >= 15 is 0 Å². The van der Waals surface area contributed by atoms with Crippen LogP contribution in [0.15, 0.2) is 52.0 Å². The highest BCUT2D eigenvalue weighted by atomic mass is 79.9. The predicted molar refractivity (Wildman–Crippen MR) is 107 cm³/mol. The van der Waals surface area contributed by atoms with Crippen molar-refractivity contribution < 1.29 is 19.4 Å². The van der Waals surface area contributed by atoms with Gasteiger partial charge in [-0.1, -0.05) is 0 Å². The highest BCUT2D eigenvalue weighted by Crippen LogP contribution is 2.23. The van der Waals surface area contributed by atoms with E-state index in [4.69, 9.17) is 4.74 Å². The number of halogens is 1. The lowest BCUT2D eigenvalue weighted by Crippen LogP contribution is -2.20. The van der Waals surface area contributed by atoms with Gasteiger partial charge in [0.15, 0.2) is 0 Å². The smallest absolute Gasteiger partial charge is 0.240 e. The van der Waals surface area contributed by atoms with Crippen LogP contribution in [0.4, 0.5) is 5.69 Å². The van der Waals surface area contributed by atoms with E-state index in [0.717, 1.165) is 5.75 Å². The third-order valence-electron chi connectivity index (χ3n) is 3.40. The summed E-state index contributed by atoms with van der Waals surface area (Å²) in [6.07, 6.45) is 1.50. The largest absolute Gasteiger partial charge is 0.507 e. The molecular weight excluding hydrogens is 414 g/mol. The Morgan fingerprint density at radius 1 is 1.15 bits per heavy atom. The molecule has 0 unspecified atom stereocenters. The van der Waals surface area contributed by atoms with Gasteiger partial charge in [0, 0.05) is 18.5 Å². The molecule has 0 heterocycles. The minimum atomic E-state index is -0.370. The summed E-state index contributed by atoms with van der Waals surface area (Å²) in [7, 11) is 0. The lowest BCUT2D eigenvalue weighted by Gasteiger charge is -2.07. The zero-order valence-electron chi connectivity index (χ0n) is 14.7. The zero-order valence-corrected chi connectivity index (χ0v) is 16.3. The first-order chi connectivity index (χ1) is 13.0. The normalized spacial score (nSPS) is 10.6. The van der Waals surface area contributed by atoms with Gasteiger partial charge < -0.3 is 15.2 Å². The lowest BCUT2D eigenvalue weighted by molar-refractivity contribution is -0.124. The number of rotatable bonds is 8. The molecule has 0 fully saturated rings. The number of carbonyl (C=O) groups is 2. The summed E-state index contributed by atoms with van der Waals surface area (Å²) >= 11 is 3.20. The van der Waals surface area contributed by atoms with Crippen molar-refractivity contribution in [3.8, 4) is 11.5 Å². The Morgan fingerprint density at radius 3 is 2.52 bits per heavy atom. The molecule has 8 heteroatoms. The van der Waals surface area contributed by atoms with E-state index in [2.05, 4.69) is 31.8 Å². The van der Waals surface area contributed by atoms with Crippen LogP contribution < -0.4 is 15.5 Å². The van der Waals surface area contributed by atoms with Crippen molar-refractivity contribution in [2.45, 2.75) is 19.8 Å². The van der Waals surface area contributed by atoms with Crippen LogP contribution in [0.25, 0.3) is 0 Å². The average Bonchev–Trinajstić information content (AvgIpc) is 2.65. The molecule has 2 aromatic carbocycles. The molecule has 0 radical (unpaired) electrons. The van der Waals surface area contributed by atoms with Crippen molar-refractivity contribution in [3.05, 3.63) is 52.5 Å². The van der Waals surface area contributed by atoms with E-state index in [1.54, 1.807) is 36.4 Å². The van der Waals surface area contributed by atoms with Crippen molar-refractivity contribution in [2.24, 2.45) is 5.10 Å². The van der Waals surface area contributed by atoms with E-state index < -0.39 is 0 Å². The van der Waals surface area contributed by atoms with Gasteiger partial charge in [0.05, 0.1) is 17.3 Å². The summed E-state index contributed by atoms with van der Waals surface area (Å²) in [5.41, 5.74) is 3.70. The van der Waals surface area contributed by atoms with E-state index in [1.807, 2.05) is 6.92 Å². The van der Waals surface area contributed by atoms with Gasteiger partial charge >= 0.3 is 0 Å². The van der Waals surface area contributed by atoms with Crippen LogP contribution in [0, 0.1) is 0 Å². The highest BCUT2D eigenvalue weighted by Gasteiger charge is 2.07. The lowest BCUT2D eigenvalue weighted by atomic mass is 10.2. The molecule has 27 heavy (non-hydrogen) atoms. The predicted octanol–water partition coefficient (Wildman–Crippen LogP) is 3.42. The first-order valence-electron chi connectivity index (χ1n) is 8.31. The molecule has 0 bridgehead atoms. The number of anilines is 1. The van der Waals surface area contributed by atoms with Crippen LogP contribution in [0.3, 0.4) is 0 Å². The van der Waals surface area contributed by atoms with Crippen molar-refractivity contribution in [2.75, 3.05) is 11.9 Å². The summed E-state index contributed by atoms with van der Waals surface area (Å²) in [5.74, 6) is 0.217. The fourth-order valence-electron chi connectivity index (χ4n) is 2.09. The molecule has 0 aliphatic heterocycles. The second kappa shape index (κ2) is 10.3. The minimum Gasteiger partial charge on any atom is -0.507 e.